The highest BCUT2D eigenvalue weighted by atomic mass is 14.9. The fraction of sp³-hybridized carbons (Fsp3) is 0.500. The van der Waals surface area contributed by atoms with Gasteiger partial charge in [-0.1, -0.05) is 11.6 Å². The number of hydrogen-bond donors (Lipinski definition) is 1. The predicted octanol–water partition coefficient (Wildman–Crippen LogP) is 2.31. The Balaban J connectivity index is 1.97. The van der Waals surface area contributed by atoms with E-state index < -0.39 is 0 Å². The maximum Gasteiger partial charge on any atom is 0.0921 e. The summed E-state index contributed by atoms with van der Waals surface area (Å²) in [4.78, 5) is 7.15. The highest BCUT2D eigenvalue weighted by molar-refractivity contribution is 5.11. The third-order valence-corrected chi connectivity index (χ3v) is 2.47. The second kappa shape index (κ2) is 3.13. The Hall–Kier alpha value is -1.05. The van der Waals surface area contributed by atoms with Gasteiger partial charge in [0.15, 0.2) is 0 Å². The Morgan fingerprint density at radius 1 is 1.67 bits per heavy atom. The van der Waals surface area contributed by atoms with Crippen molar-refractivity contribution in [1.82, 2.24) is 9.97 Å². The van der Waals surface area contributed by atoms with Crippen LogP contribution < -0.4 is 0 Å². The molecule has 0 radical (unpaired) electrons. The van der Waals surface area contributed by atoms with E-state index in [9.17, 15) is 0 Å². The van der Waals surface area contributed by atoms with Gasteiger partial charge in [-0.05, 0) is 32.1 Å². The van der Waals surface area contributed by atoms with Crippen molar-refractivity contribution in [2.75, 3.05) is 0 Å². The summed E-state index contributed by atoms with van der Waals surface area (Å²) in [6, 6.07) is 0. The summed E-state index contributed by atoms with van der Waals surface area (Å²) in [6.07, 6.45) is 9.77. The molecule has 1 unspecified atom stereocenters. The summed E-state index contributed by atoms with van der Waals surface area (Å²) in [5, 5.41) is 0. The van der Waals surface area contributed by atoms with Gasteiger partial charge in [0.2, 0.25) is 0 Å². The fourth-order valence-electron chi connectivity index (χ4n) is 1.82. The van der Waals surface area contributed by atoms with E-state index in [1.54, 1.807) is 11.9 Å². The number of H-pyrrole nitrogens is 1. The quantitative estimate of drug-likeness (QED) is 0.664. The van der Waals surface area contributed by atoms with Crippen LogP contribution in [0.25, 0.3) is 0 Å². The van der Waals surface area contributed by atoms with Gasteiger partial charge in [-0.15, -0.1) is 0 Å². The molecule has 0 saturated heterocycles. The lowest BCUT2D eigenvalue weighted by molar-refractivity contribution is 0.620. The molecule has 1 atom stereocenters. The summed E-state index contributed by atoms with van der Waals surface area (Å²) in [5.74, 6) is 0.741. The second-order valence-corrected chi connectivity index (χ2v) is 3.59. The normalized spacial score (nSPS) is 22.8. The minimum Gasteiger partial charge on any atom is -0.348 e. The first-order valence-electron chi connectivity index (χ1n) is 4.49. The van der Waals surface area contributed by atoms with Crippen LogP contribution in [0.15, 0.2) is 24.2 Å². The van der Waals surface area contributed by atoms with E-state index in [4.69, 9.17) is 0 Å². The van der Waals surface area contributed by atoms with Crippen LogP contribution in [0.5, 0.6) is 0 Å². The van der Waals surface area contributed by atoms with Crippen LogP contribution in [0.2, 0.25) is 0 Å². The van der Waals surface area contributed by atoms with E-state index in [0.29, 0.717) is 0 Å². The van der Waals surface area contributed by atoms with Crippen molar-refractivity contribution in [2.45, 2.75) is 26.2 Å². The van der Waals surface area contributed by atoms with Crippen LogP contribution in [0.1, 0.15) is 25.5 Å². The third kappa shape index (κ3) is 1.58. The lowest BCUT2D eigenvalue weighted by Crippen LogP contribution is -1.97. The first kappa shape index (κ1) is 7.59. The average molecular weight is 162 g/mol. The number of hydrogen-bond acceptors (Lipinski definition) is 1. The molecular formula is C10H14N2. The molecule has 12 heavy (non-hydrogen) atoms. The maximum atomic E-state index is 4.01. The van der Waals surface area contributed by atoms with Gasteiger partial charge < -0.3 is 4.98 Å². The van der Waals surface area contributed by atoms with Gasteiger partial charge in [0.25, 0.3) is 0 Å². The van der Waals surface area contributed by atoms with Gasteiger partial charge in [0.1, 0.15) is 0 Å². The molecule has 0 amide bonds. The van der Waals surface area contributed by atoms with Crippen LogP contribution in [0, 0.1) is 5.92 Å². The Bertz CT molecular complexity index is 272. The van der Waals surface area contributed by atoms with Gasteiger partial charge in [-0.2, -0.15) is 0 Å². The van der Waals surface area contributed by atoms with Crippen molar-refractivity contribution >= 4 is 0 Å². The third-order valence-electron chi connectivity index (χ3n) is 2.47. The van der Waals surface area contributed by atoms with Crippen molar-refractivity contribution in [3.8, 4) is 0 Å². The number of rotatable bonds is 2. The molecule has 2 rings (SSSR count). The number of aromatic amines is 1. The first-order valence-corrected chi connectivity index (χ1v) is 4.49. The van der Waals surface area contributed by atoms with Crippen LogP contribution in [0.3, 0.4) is 0 Å². The molecule has 0 fully saturated rings. The molecule has 2 nitrogen and oxygen atoms in total. The molecule has 0 saturated carbocycles. The molecule has 1 heterocycles. The Morgan fingerprint density at radius 2 is 2.58 bits per heavy atom. The summed E-state index contributed by atoms with van der Waals surface area (Å²) < 4.78 is 0. The number of imidazole rings is 1. The van der Waals surface area contributed by atoms with Crippen LogP contribution >= 0.6 is 0 Å². The van der Waals surface area contributed by atoms with Crippen molar-refractivity contribution in [3.63, 3.8) is 0 Å². The largest absolute Gasteiger partial charge is 0.348 e. The maximum absolute atomic E-state index is 4.01. The predicted molar refractivity (Wildman–Crippen MR) is 48.8 cm³/mol. The topological polar surface area (TPSA) is 28.7 Å². The molecule has 0 aliphatic heterocycles. The molecule has 1 aliphatic carbocycles. The molecule has 1 aromatic heterocycles. The minimum absolute atomic E-state index is 0.741. The minimum atomic E-state index is 0.741. The van der Waals surface area contributed by atoms with E-state index in [2.05, 4.69) is 23.0 Å². The molecule has 1 N–H and O–H groups in total. The van der Waals surface area contributed by atoms with Crippen LogP contribution in [0.4, 0.5) is 0 Å². The summed E-state index contributed by atoms with van der Waals surface area (Å²) in [5.41, 5.74) is 2.80. The lowest BCUT2D eigenvalue weighted by Gasteiger charge is -2.03. The smallest absolute Gasteiger partial charge is 0.0921 e. The van der Waals surface area contributed by atoms with E-state index in [-0.39, 0.29) is 0 Å². The van der Waals surface area contributed by atoms with E-state index in [1.807, 2.05) is 6.20 Å². The van der Waals surface area contributed by atoms with Gasteiger partial charge in [0.05, 0.1) is 6.33 Å². The molecule has 1 aliphatic rings. The van der Waals surface area contributed by atoms with E-state index in [1.165, 1.54) is 18.5 Å². The Kier molecular flexibility index (Phi) is 1.98. The summed E-state index contributed by atoms with van der Waals surface area (Å²) >= 11 is 0. The Labute approximate surface area is 72.7 Å². The van der Waals surface area contributed by atoms with Crippen LogP contribution in [-0.2, 0) is 6.42 Å². The molecule has 64 valence electrons. The average Bonchev–Trinajstić information content (AvgIpc) is 2.63. The molecule has 2 heteroatoms. The standard InChI is InChI=1S/C10H14N2/c1-8-2-3-9(4-8)5-10-6-11-7-12-10/h4,6-7,9H,2-3,5H2,1H3,(H,11,12). The molecule has 0 bridgehead atoms. The highest BCUT2D eigenvalue weighted by Crippen LogP contribution is 2.25. The van der Waals surface area contributed by atoms with Crippen molar-refractivity contribution < 1.29 is 0 Å². The number of aromatic nitrogens is 2. The zero-order chi connectivity index (χ0) is 8.39. The lowest BCUT2D eigenvalue weighted by atomic mass is 10.0. The van der Waals surface area contributed by atoms with Gasteiger partial charge in [-0.3, -0.25) is 0 Å². The second-order valence-electron chi connectivity index (χ2n) is 3.59. The number of allylic oxidation sites excluding steroid dienone is 2. The fourth-order valence-corrected chi connectivity index (χ4v) is 1.82. The highest BCUT2D eigenvalue weighted by Gasteiger charge is 2.13. The molecule has 0 spiro atoms. The summed E-state index contributed by atoms with van der Waals surface area (Å²) in [6.45, 7) is 2.22. The number of nitrogens with zero attached hydrogens (tertiary/aromatic N) is 1. The monoisotopic (exact) mass is 162 g/mol. The van der Waals surface area contributed by atoms with Gasteiger partial charge in [-0.25, -0.2) is 4.98 Å². The molecule has 1 aromatic rings. The number of nitrogens with one attached hydrogen (secondary N) is 1. The van der Waals surface area contributed by atoms with Crippen molar-refractivity contribution in [2.24, 2.45) is 5.92 Å². The van der Waals surface area contributed by atoms with Gasteiger partial charge >= 0.3 is 0 Å². The van der Waals surface area contributed by atoms with Crippen molar-refractivity contribution in [1.29, 1.82) is 0 Å². The molecule has 0 aromatic carbocycles. The van der Waals surface area contributed by atoms with E-state index in [0.717, 1.165) is 12.3 Å². The zero-order valence-electron chi connectivity index (χ0n) is 7.38. The SMILES string of the molecule is CC1=CC(Cc2cnc[nH]2)CC1. The van der Waals surface area contributed by atoms with Crippen LogP contribution in [-0.4, -0.2) is 9.97 Å². The first-order chi connectivity index (χ1) is 5.84. The Morgan fingerprint density at radius 3 is 3.17 bits per heavy atom. The zero-order valence-corrected chi connectivity index (χ0v) is 7.38. The van der Waals surface area contributed by atoms with E-state index >= 15 is 0 Å². The van der Waals surface area contributed by atoms with Gasteiger partial charge in [0, 0.05) is 11.9 Å². The van der Waals surface area contributed by atoms with Crippen molar-refractivity contribution in [3.05, 3.63) is 29.9 Å². The summed E-state index contributed by atoms with van der Waals surface area (Å²) in [7, 11) is 0. The molecular weight excluding hydrogens is 148 g/mol.